The average Bonchev–Trinajstić information content (AvgIpc) is 3.31. The number of fused-ring (bicyclic) bond motifs is 1. The number of aromatic hydroxyl groups is 1. The van der Waals surface area contributed by atoms with Gasteiger partial charge in [-0.15, -0.1) is 0 Å². The molecule has 0 saturated carbocycles. The molecule has 170 valence electrons. The summed E-state index contributed by atoms with van der Waals surface area (Å²) in [5.41, 5.74) is 2.75. The smallest absolute Gasteiger partial charge is 0.297 e. The number of hydrogen-bond acceptors (Lipinski definition) is 6. The van der Waals surface area contributed by atoms with Crippen molar-refractivity contribution in [2.45, 2.75) is 13.0 Å². The molecule has 0 aliphatic rings. The van der Waals surface area contributed by atoms with Crippen LogP contribution >= 0.6 is 0 Å². The van der Waals surface area contributed by atoms with Crippen LogP contribution in [0.15, 0.2) is 94.1 Å². The van der Waals surface area contributed by atoms with E-state index in [0.29, 0.717) is 23.6 Å². The monoisotopic (exact) mass is 452 g/mol. The van der Waals surface area contributed by atoms with Gasteiger partial charge in [0.15, 0.2) is 11.3 Å². The van der Waals surface area contributed by atoms with Crippen LogP contribution in [0.3, 0.4) is 0 Å². The third-order valence-corrected chi connectivity index (χ3v) is 5.88. The summed E-state index contributed by atoms with van der Waals surface area (Å²) in [6.45, 7) is 2.57. The summed E-state index contributed by atoms with van der Waals surface area (Å²) in [5, 5.41) is 10.7. The van der Waals surface area contributed by atoms with Crippen LogP contribution < -0.4 is 10.5 Å². The van der Waals surface area contributed by atoms with Crippen LogP contribution in [-0.4, -0.2) is 26.2 Å². The van der Waals surface area contributed by atoms with Crippen LogP contribution in [0.1, 0.15) is 24.1 Å². The van der Waals surface area contributed by atoms with Gasteiger partial charge in [-0.3, -0.25) is 9.36 Å². The van der Waals surface area contributed by atoms with Crippen LogP contribution in [0.2, 0.25) is 0 Å². The highest BCUT2D eigenvalue weighted by Crippen LogP contribution is 2.34. The maximum absolute atomic E-state index is 13.1. The summed E-state index contributed by atoms with van der Waals surface area (Å²) in [6.07, 6.45) is 0. The lowest BCUT2D eigenvalue weighted by Gasteiger charge is -2.33. The SMILES string of the molecule is CCN(c1nc(-c2nc3ccccc3o2)c(O)c(=O)n1C)C(c1ccccc1)c1ccccc1. The lowest BCUT2D eigenvalue weighted by molar-refractivity contribution is 0.454. The Labute approximate surface area is 196 Å². The summed E-state index contributed by atoms with van der Waals surface area (Å²) in [6, 6.07) is 27.2. The van der Waals surface area contributed by atoms with Gasteiger partial charge in [-0.1, -0.05) is 72.8 Å². The van der Waals surface area contributed by atoms with Crippen molar-refractivity contribution in [3.8, 4) is 17.3 Å². The second-order valence-electron chi connectivity index (χ2n) is 7.97. The Hall–Kier alpha value is -4.39. The summed E-state index contributed by atoms with van der Waals surface area (Å²) in [4.78, 5) is 24.3. The highest BCUT2D eigenvalue weighted by atomic mass is 16.4. The van der Waals surface area contributed by atoms with Crippen LogP contribution in [0.4, 0.5) is 5.95 Å². The molecular formula is C27H24N4O3. The number of para-hydroxylation sites is 2. The number of oxazole rings is 1. The van der Waals surface area contributed by atoms with Crippen molar-refractivity contribution in [3.05, 3.63) is 106 Å². The fourth-order valence-corrected chi connectivity index (χ4v) is 4.22. The number of nitrogens with zero attached hydrogens (tertiary/aromatic N) is 4. The molecule has 1 N–H and O–H groups in total. The van der Waals surface area contributed by atoms with E-state index in [-0.39, 0.29) is 17.6 Å². The van der Waals surface area contributed by atoms with E-state index in [0.717, 1.165) is 11.1 Å². The zero-order chi connectivity index (χ0) is 23.7. The molecule has 2 heterocycles. The fraction of sp³-hybridized carbons (Fsp3) is 0.148. The lowest BCUT2D eigenvalue weighted by Crippen LogP contribution is -2.35. The maximum Gasteiger partial charge on any atom is 0.297 e. The summed E-state index contributed by atoms with van der Waals surface area (Å²) >= 11 is 0. The topological polar surface area (TPSA) is 84.4 Å². The molecule has 7 heteroatoms. The Morgan fingerprint density at radius 1 is 0.912 bits per heavy atom. The predicted octanol–water partition coefficient (Wildman–Crippen LogP) is 4.91. The van der Waals surface area contributed by atoms with Crippen molar-refractivity contribution in [2.24, 2.45) is 7.05 Å². The van der Waals surface area contributed by atoms with Gasteiger partial charge in [-0.05, 0) is 30.2 Å². The molecule has 0 radical (unpaired) electrons. The minimum Gasteiger partial charge on any atom is -0.501 e. The highest BCUT2D eigenvalue weighted by Gasteiger charge is 2.28. The van der Waals surface area contributed by atoms with Gasteiger partial charge in [0, 0.05) is 13.6 Å². The van der Waals surface area contributed by atoms with E-state index in [4.69, 9.17) is 9.40 Å². The summed E-state index contributed by atoms with van der Waals surface area (Å²) < 4.78 is 7.19. The van der Waals surface area contributed by atoms with Crippen molar-refractivity contribution < 1.29 is 9.52 Å². The van der Waals surface area contributed by atoms with Crippen LogP contribution in [0.5, 0.6) is 5.75 Å². The Morgan fingerprint density at radius 2 is 1.50 bits per heavy atom. The second kappa shape index (κ2) is 8.86. The molecular weight excluding hydrogens is 428 g/mol. The van der Waals surface area contributed by atoms with E-state index in [1.807, 2.05) is 60.4 Å². The number of rotatable bonds is 6. The van der Waals surface area contributed by atoms with Gasteiger partial charge >= 0.3 is 0 Å². The Morgan fingerprint density at radius 3 is 2.09 bits per heavy atom. The number of aromatic nitrogens is 3. The van der Waals surface area contributed by atoms with Crippen LogP contribution in [0.25, 0.3) is 22.7 Å². The molecule has 0 atom stereocenters. The average molecular weight is 453 g/mol. The van der Waals surface area contributed by atoms with Crippen molar-refractivity contribution >= 4 is 17.0 Å². The van der Waals surface area contributed by atoms with Crippen molar-refractivity contribution in [3.63, 3.8) is 0 Å². The molecule has 0 unspecified atom stereocenters. The second-order valence-corrected chi connectivity index (χ2v) is 7.97. The van der Waals surface area contributed by atoms with Crippen molar-refractivity contribution in [1.82, 2.24) is 14.5 Å². The number of benzene rings is 3. The molecule has 5 rings (SSSR count). The van der Waals surface area contributed by atoms with E-state index in [1.165, 1.54) is 4.57 Å². The van der Waals surface area contributed by atoms with E-state index < -0.39 is 11.3 Å². The molecule has 5 aromatic rings. The minimum atomic E-state index is -0.569. The molecule has 2 aromatic heterocycles. The molecule has 0 aliphatic heterocycles. The van der Waals surface area contributed by atoms with Gasteiger partial charge in [-0.2, -0.15) is 0 Å². The first kappa shape index (κ1) is 21.5. The van der Waals surface area contributed by atoms with E-state index in [1.54, 1.807) is 19.2 Å². The Bertz CT molecular complexity index is 1420. The Balaban J connectivity index is 1.71. The summed E-state index contributed by atoms with van der Waals surface area (Å²) in [7, 11) is 1.61. The minimum absolute atomic E-state index is 0.0209. The van der Waals surface area contributed by atoms with Gasteiger partial charge in [0.2, 0.25) is 11.7 Å². The largest absolute Gasteiger partial charge is 0.501 e. The Kier molecular flexibility index (Phi) is 5.59. The molecule has 0 fully saturated rings. The van der Waals surface area contributed by atoms with E-state index in [2.05, 4.69) is 29.2 Å². The first-order valence-electron chi connectivity index (χ1n) is 11.1. The lowest BCUT2D eigenvalue weighted by atomic mass is 9.97. The van der Waals surface area contributed by atoms with Crippen molar-refractivity contribution in [1.29, 1.82) is 0 Å². The standard InChI is InChI=1S/C27H24N4O3/c1-3-31(23(18-12-6-4-7-13-18)19-14-8-5-9-15-19)27-29-22(24(32)26(33)30(27)2)25-28-20-16-10-11-17-21(20)34-25/h4-17,23,32H,3H2,1-2H3. The third-order valence-electron chi connectivity index (χ3n) is 5.88. The van der Waals surface area contributed by atoms with Gasteiger partial charge in [-0.25, -0.2) is 9.97 Å². The molecule has 0 aliphatic carbocycles. The molecule has 0 bridgehead atoms. The molecule has 3 aromatic carbocycles. The molecule has 34 heavy (non-hydrogen) atoms. The van der Waals surface area contributed by atoms with Gasteiger partial charge in [0.1, 0.15) is 5.52 Å². The predicted molar refractivity (Wildman–Crippen MR) is 132 cm³/mol. The molecule has 0 saturated heterocycles. The van der Waals surface area contributed by atoms with E-state index in [9.17, 15) is 9.90 Å². The van der Waals surface area contributed by atoms with E-state index >= 15 is 0 Å². The van der Waals surface area contributed by atoms with Crippen LogP contribution in [0, 0.1) is 0 Å². The first-order chi connectivity index (χ1) is 16.6. The van der Waals surface area contributed by atoms with Gasteiger partial charge < -0.3 is 14.4 Å². The molecule has 7 nitrogen and oxygen atoms in total. The van der Waals surface area contributed by atoms with Crippen LogP contribution in [-0.2, 0) is 7.05 Å². The maximum atomic E-state index is 13.1. The van der Waals surface area contributed by atoms with Gasteiger partial charge in [0.05, 0.1) is 6.04 Å². The quantitative estimate of drug-likeness (QED) is 0.394. The number of anilines is 1. The first-order valence-corrected chi connectivity index (χ1v) is 11.1. The van der Waals surface area contributed by atoms with Gasteiger partial charge in [0.25, 0.3) is 11.4 Å². The fourth-order valence-electron chi connectivity index (χ4n) is 4.22. The van der Waals surface area contributed by atoms with Crippen molar-refractivity contribution in [2.75, 3.05) is 11.4 Å². The molecule has 0 spiro atoms. The normalized spacial score (nSPS) is 11.3. The zero-order valence-corrected chi connectivity index (χ0v) is 18.9. The summed E-state index contributed by atoms with van der Waals surface area (Å²) in [5.74, 6) is 0.00905. The third kappa shape index (κ3) is 3.71. The number of hydrogen-bond donors (Lipinski definition) is 1. The zero-order valence-electron chi connectivity index (χ0n) is 18.9. The highest BCUT2D eigenvalue weighted by molar-refractivity contribution is 5.76. The molecule has 0 amide bonds.